The molecule has 0 aliphatic carbocycles. The standard InChI is InChI=1S/C16H25N3O2/c20-16(18-9-10-19-11-13-21-14-12-19)17-8-4-7-15-5-2-1-3-6-15/h1-3,5-6H,4,7-14H2,(H2,17,18,20). The molecule has 0 atom stereocenters. The molecule has 5 heteroatoms. The van der Waals surface area contributed by atoms with Gasteiger partial charge in [-0.3, -0.25) is 4.90 Å². The lowest BCUT2D eigenvalue weighted by molar-refractivity contribution is 0.0387. The average molecular weight is 291 g/mol. The van der Waals surface area contributed by atoms with E-state index in [2.05, 4.69) is 27.7 Å². The van der Waals surface area contributed by atoms with Gasteiger partial charge in [0.1, 0.15) is 0 Å². The highest BCUT2D eigenvalue weighted by molar-refractivity contribution is 5.73. The van der Waals surface area contributed by atoms with Gasteiger partial charge in [0.25, 0.3) is 0 Å². The molecular formula is C16H25N3O2. The molecule has 5 nitrogen and oxygen atoms in total. The molecule has 1 aliphatic heterocycles. The SMILES string of the molecule is O=C(NCCCc1ccccc1)NCCN1CCOCC1. The summed E-state index contributed by atoms with van der Waals surface area (Å²) in [5, 5.41) is 5.79. The van der Waals surface area contributed by atoms with Gasteiger partial charge in [-0.15, -0.1) is 0 Å². The lowest BCUT2D eigenvalue weighted by Gasteiger charge is -2.26. The van der Waals surface area contributed by atoms with Crippen molar-refractivity contribution in [1.29, 1.82) is 0 Å². The Hall–Kier alpha value is -1.59. The second-order valence-corrected chi connectivity index (χ2v) is 5.23. The van der Waals surface area contributed by atoms with Gasteiger partial charge in [-0.05, 0) is 18.4 Å². The minimum Gasteiger partial charge on any atom is -0.379 e. The molecule has 2 amide bonds. The molecule has 2 rings (SSSR count). The van der Waals surface area contributed by atoms with E-state index in [1.165, 1.54) is 5.56 Å². The molecule has 0 radical (unpaired) electrons. The van der Waals surface area contributed by atoms with E-state index in [9.17, 15) is 4.79 Å². The van der Waals surface area contributed by atoms with Crippen molar-refractivity contribution in [2.24, 2.45) is 0 Å². The Morgan fingerprint density at radius 2 is 1.81 bits per heavy atom. The Kier molecular flexibility index (Phi) is 7.04. The van der Waals surface area contributed by atoms with Crippen LogP contribution in [-0.2, 0) is 11.2 Å². The van der Waals surface area contributed by atoms with Gasteiger partial charge in [0.2, 0.25) is 0 Å². The van der Waals surface area contributed by atoms with Crippen LogP contribution in [0.15, 0.2) is 30.3 Å². The zero-order valence-electron chi connectivity index (χ0n) is 12.5. The lowest BCUT2D eigenvalue weighted by atomic mass is 10.1. The maximum Gasteiger partial charge on any atom is 0.314 e. The minimum atomic E-state index is -0.0729. The number of rotatable bonds is 7. The van der Waals surface area contributed by atoms with E-state index in [0.717, 1.165) is 45.7 Å². The molecule has 0 aromatic heterocycles. The smallest absolute Gasteiger partial charge is 0.314 e. The van der Waals surface area contributed by atoms with Crippen molar-refractivity contribution in [1.82, 2.24) is 15.5 Å². The summed E-state index contributed by atoms with van der Waals surface area (Å²) in [7, 11) is 0. The van der Waals surface area contributed by atoms with Crippen LogP contribution >= 0.6 is 0 Å². The van der Waals surface area contributed by atoms with Crippen molar-refractivity contribution >= 4 is 6.03 Å². The number of hydrogen-bond donors (Lipinski definition) is 2. The van der Waals surface area contributed by atoms with E-state index >= 15 is 0 Å². The molecule has 0 saturated carbocycles. The predicted molar refractivity (Wildman–Crippen MR) is 83.4 cm³/mol. The summed E-state index contributed by atoms with van der Waals surface area (Å²) in [6, 6.07) is 10.3. The van der Waals surface area contributed by atoms with Gasteiger partial charge < -0.3 is 15.4 Å². The molecule has 1 fully saturated rings. The Labute approximate surface area is 126 Å². The van der Waals surface area contributed by atoms with E-state index in [4.69, 9.17) is 4.74 Å². The first-order chi connectivity index (χ1) is 10.3. The van der Waals surface area contributed by atoms with Crippen molar-refractivity contribution < 1.29 is 9.53 Å². The highest BCUT2D eigenvalue weighted by atomic mass is 16.5. The molecule has 1 saturated heterocycles. The first-order valence-corrected chi connectivity index (χ1v) is 7.70. The monoisotopic (exact) mass is 291 g/mol. The van der Waals surface area contributed by atoms with Crippen LogP contribution < -0.4 is 10.6 Å². The number of amides is 2. The van der Waals surface area contributed by atoms with Gasteiger partial charge in [0.15, 0.2) is 0 Å². The lowest BCUT2D eigenvalue weighted by Crippen LogP contribution is -2.43. The van der Waals surface area contributed by atoms with Crippen LogP contribution in [0.3, 0.4) is 0 Å². The number of carbonyl (C=O) groups excluding carboxylic acids is 1. The van der Waals surface area contributed by atoms with Crippen LogP contribution in [-0.4, -0.2) is 56.9 Å². The molecule has 1 aromatic rings. The fourth-order valence-electron chi connectivity index (χ4n) is 2.35. The van der Waals surface area contributed by atoms with E-state index in [0.29, 0.717) is 13.1 Å². The summed E-state index contributed by atoms with van der Waals surface area (Å²) >= 11 is 0. The van der Waals surface area contributed by atoms with Gasteiger partial charge >= 0.3 is 6.03 Å². The summed E-state index contributed by atoms with van der Waals surface area (Å²) in [6.45, 7) is 5.79. The van der Waals surface area contributed by atoms with Crippen LogP contribution in [0.2, 0.25) is 0 Å². The summed E-state index contributed by atoms with van der Waals surface area (Å²) in [5.74, 6) is 0. The Morgan fingerprint density at radius 1 is 1.10 bits per heavy atom. The third kappa shape index (κ3) is 6.60. The number of nitrogens with one attached hydrogen (secondary N) is 2. The van der Waals surface area contributed by atoms with Gasteiger partial charge in [0, 0.05) is 32.7 Å². The molecule has 21 heavy (non-hydrogen) atoms. The quantitative estimate of drug-likeness (QED) is 0.744. The Bertz CT molecular complexity index is 405. The predicted octanol–water partition coefficient (Wildman–Crippen LogP) is 1.25. The van der Waals surface area contributed by atoms with Gasteiger partial charge in [0.05, 0.1) is 13.2 Å². The van der Waals surface area contributed by atoms with Gasteiger partial charge in [-0.25, -0.2) is 4.79 Å². The molecule has 0 bridgehead atoms. The van der Waals surface area contributed by atoms with E-state index in [1.807, 2.05) is 18.2 Å². The normalized spacial score (nSPS) is 15.6. The Balaban J connectivity index is 1.47. The number of aryl methyl sites for hydroxylation is 1. The first-order valence-electron chi connectivity index (χ1n) is 7.70. The molecule has 1 aromatic carbocycles. The van der Waals surface area contributed by atoms with Crippen molar-refractivity contribution in [2.45, 2.75) is 12.8 Å². The third-order valence-corrected chi connectivity index (χ3v) is 3.59. The van der Waals surface area contributed by atoms with Crippen molar-refractivity contribution in [3.05, 3.63) is 35.9 Å². The van der Waals surface area contributed by atoms with Gasteiger partial charge in [-0.2, -0.15) is 0 Å². The van der Waals surface area contributed by atoms with E-state index in [-0.39, 0.29) is 6.03 Å². The molecule has 2 N–H and O–H groups in total. The molecular weight excluding hydrogens is 266 g/mol. The van der Waals surface area contributed by atoms with Gasteiger partial charge in [-0.1, -0.05) is 30.3 Å². The minimum absolute atomic E-state index is 0.0729. The average Bonchev–Trinajstić information content (AvgIpc) is 2.54. The van der Waals surface area contributed by atoms with Crippen LogP contribution in [0.25, 0.3) is 0 Å². The number of urea groups is 1. The molecule has 116 valence electrons. The third-order valence-electron chi connectivity index (χ3n) is 3.59. The zero-order valence-corrected chi connectivity index (χ0v) is 12.5. The van der Waals surface area contributed by atoms with Crippen molar-refractivity contribution in [2.75, 3.05) is 45.9 Å². The number of ether oxygens (including phenoxy) is 1. The molecule has 1 heterocycles. The maximum absolute atomic E-state index is 11.6. The largest absolute Gasteiger partial charge is 0.379 e. The number of hydrogen-bond acceptors (Lipinski definition) is 3. The maximum atomic E-state index is 11.6. The number of nitrogens with zero attached hydrogens (tertiary/aromatic N) is 1. The van der Waals surface area contributed by atoms with Crippen LogP contribution in [0.4, 0.5) is 4.79 Å². The van der Waals surface area contributed by atoms with E-state index < -0.39 is 0 Å². The molecule has 0 unspecified atom stereocenters. The fraction of sp³-hybridized carbons (Fsp3) is 0.562. The summed E-state index contributed by atoms with van der Waals surface area (Å²) in [6.07, 6.45) is 1.95. The van der Waals surface area contributed by atoms with E-state index in [1.54, 1.807) is 0 Å². The number of benzene rings is 1. The van der Waals surface area contributed by atoms with Crippen LogP contribution in [0, 0.1) is 0 Å². The first kappa shape index (κ1) is 15.8. The topological polar surface area (TPSA) is 53.6 Å². The zero-order chi connectivity index (χ0) is 14.8. The van der Waals surface area contributed by atoms with Crippen LogP contribution in [0.1, 0.15) is 12.0 Å². The highest BCUT2D eigenvalue weighted by Gasteiger charge is 2.09. The highest BCUT2D eigenvalue weighted by Crippen LogP contribution is 2.01. The second-order valence-electron chi connectivity index (χ2n) is 5.23. The second kappa shape index (κ2) is 9.37. The summed E-state index contributed by atoms with van der Waals surface area (Å²) in [5.41, 5.74) is 1.31. The van der Waals surface area contributed by atoms with Crippen molar-refractivity contribution in [3.8, 4) is 0 Å². The number of carbonyl (C=O) groups is 1. The summed E-state index contributed by atoms with van der Waals surface area (Å²) in [4.78, 5) is 13.9. The summed E-state index contributed by atoms with van der Waals surface area (Å²) < 4.78 is 5.29. The fourth-order valence-corrected chi connectivity index (χ4v) is 2.35. The number of morpholine rings is 1. The van der Waals surface area contributed by atoms with Crippen LogP contribution in [0.5, 0.6) is 0 Å². The molecule has 0 spiro atoms. The Morgan fingerprint density at radius 3 is 2.57 bits per heavy atom. The molecule has 1 aliphatic rings. The van der Waals surface area contributed by atoms with Crippen molar-refractivity contribution in [3.63, 3.8) is 0 Å².